The van der Waals surface area contributed by atoms with E-state index in [1.165, 1.54) is 23.6 Å². The number of benzene rings is 1. The molecule has 1 aromatic carbocycles. The third-order valence-electron chi connectivity index (χ3n) is 1.95. The van der Waals surface area contributed by atoms with E-state index in [1.54, 1.807) is 0 Å². The van der Waals surface area contributed by atoms with Gasteiger partial charge in [-0.1, -0.05) is 11.6 Å². The molecule has 0 saturated heterocycles. The Bertz CT molecular complexity index is 524. The molecule has 1 N–H and O–H groups in total. The summed E-state index contributed by atoms with van der Waals surface area (Å²) in [6, 6.07) is 2.02. The standard InChI is InChI=1S/C10H6BrClF2N2S/c11-6-1-5(13)2-7(14)10(6)16-4-9-15-3-8(12)17-9/h1-3,16H,4H2. The molecule has 90 valence electrons. The molecule has 0 unspecified atom stereocenters. The van der Waals surface area contributed by atoms with Gasteiger partial charge in [-0.2, -0.15) is 0 Å². The second-order valence-electron chi connectivity index (χ2n) is 3.16. The highest BCUT2D eigenvalue weighted by molar-refractivity contribution is 9.10. The minimum absolute atomic E-state index is 0.206. The number of hydrogen-bond acceptors (Lipinski definition) is 3. The lowest BCUT2D eigenvalue weighted by atomic mass is 10.3. The lowest BCUT2D eigenvalue weighted by molar-refractivity contribution is 0.583. The molecule has 2 rings (SSSR count). The van der Waals surface area contributed by atoms with Crippen LogP contribution in [0.15, 0.2) is 22.8 Å². The van der Waals surface area contributed by atoms with Crippen molar-refractivity contribution in [3.63, 3.8) is 0 Å². The van der Waals surface area contributed by atoms with Gasteiger partial charge in [-0.25, -0.2) is 13.8 Å². The van der Waals surface area contributed by atoms with Gasteiger partial charge in [0.15, 0.2) is 0 Å². The van der Waals surface area contributed by atoms with Gasteiger partial charge >= 0.3 is 0 Å². The van der Waals surface area contributed by atoms with E-state index in [0.29, 0.717) is 15.4 Å². The van der Waals surface area contributed by atoms with Crippen molar-refractivity contribution in [3.05, 3.63) is 43.8 Å². The van der Waals surface area contributed by atoms with E-state index in [2.05, 4.69) is 26.2 Å². The summed E-state index contributed by atoms with van der Waals surface area (Å²) in [4.78, 5) is 4.02. The van der Waals surface area contributed by atoms with Crippen LogP contribution in [-0.4, -0.2) is 4.98 Å². The molecule has 0 radical (unpaired) electrons. The molecule has 17 heavy (non-hydrogen) atoms. The molecule has 0 aliphatic rings. The van der Waals surface area contributed by atoms with Crippen LogP contribution in [0.5, 0.6) is 0 Å². The first kappa shape index (κ1) is 12.7. The lowest BCUT2D eigenvalue weighted by Gasteiger charge is -2.08. The van der Waals surface area contributed by atoms with Gasteiger partial charge in [-0.15, -0.1) is 11.3 Å². The van der Waals surface area contributed by atoms with Crippen molar-refractivity contribution < 1.29 is 8.78 Å². The van der Waals surface area contributed by atoms with E-state index in [-0.39, 0.29) is 5.69 Å². The highest BCUT2D eigenvalue weighted by Gasteiger charge is 2.10. The molecule has 0 amide bonds. The molecule has 0 spiro atoms. The zero-order valence-electron chi connectivity index (χ0n) is 8.31. The molecule has 0 aliphatic heterocycles. The summed E-state index contributed by atoms with van der Waals surface area (Å²) in [5.74, 6) is -1.28. The predicted molar refractivity (Wildman–Crippen MR) is 68.5 cm³/mol. The van der Waals surface area contributed by atoms with E-state index in [0.717, 1.165) is 11.1 Å². The van der Waals surface area contributed by atoms with Gasteiger partial charge in [0.2, 0.25) is 0 Å². The van der Waals surface area contributed by atoms with Crippen LogP contribution < -0.4 is 5.32 Å². The monoisotopic (exact) mass is 338 g/mol. The summed E-state index contributed by atoms with van der Waals surface area (Å²) in [5, 5.41) is 3.57. The molecule has 1 heterocycles. The van der Waals surface area contributed by atoms with Crippen molar-refractivity contribution in [1.29, 1.82) is 0 Å². The minimum atomic E-state index is -0.653. The number of anilines is 1. The van der Waals surface area contributed by atoms with Gasteiger partial charge in [0.1, 0.15) is 21.0 Å². The molecule has 0 bridgehead atoms. The van der Waals surface area contributed by atoms with Gasteiger partial charge in [0.25, 0.3) is 0 Å². The Labute approximate surface area is 114 Å². The summed E-state index contributed by atoms with van der Waals surface area (Å²) < 4.78 is 27.2. The van der Waals surface area contributed by atoms with Crippen LogP contribution >= 0.6 is 38.9 Å². The average Bonchev–Trinajstić information content (AvgIpc) is 2.62. The average molecular weight is 340 g/mol. The predicted octanol–water partition coefficient (Wildman–Crippen LogP) is 4.45. The fourth-order valence-electron chi connectivity index (χ4n) is 1.24. The Morgan fingerprint density at radius 3 is 2.76 bits per heavy atom. The first-order valence-electron chi connectivity index (χ1n) is 4.55. The van der Waals surface area contributed by atoms with Crippen LogP contribution in [0.1, 0.15) is 5.01 Å². The molecule has 2 aromatic rings. The number of halogens is 4. The number of nitrogens with zero attached hydrogens (tertiary/aromatic N) is 1. The normalized spacial score (nSPS) is 10.6. The zero-order chi connectivity index (χ0) is 12.4. The molecule has 7 heteroatoms. The Hall–Kier alpha value is -0.720. The molecular formula is C10H6BrClF2N2S. The van der Waals surface area contributed by atoms with Crippen molar-refractivity contribution >= 4 is 44.6 Å². The molecule has 0 saturated carbocycles. The fourth-order valence-corrected chi connectivity index (χ4v) is 2.69. The van der Waals surface area contributed by atoms with Gasteiger partial charge < -0.3 is 5.32 Å². The minimum Gasteiger partial charge on any atom is -0.375 e. The number of rotatable bonds is 3. The summed E-state index contributed by atoms with van der Waals surface area (Å²) in [7, 11) is 0. The smallest absolute Gasteiger partial charge is 0.150 e. The van der Waals surface area contributed by atoms with Crippen LogP contribution in [0.25, 0.3) is 0 Å². The van der Waals surface area contributed by atoms with Crippen LogP contribution in [0.4, 0.5) is 14.5 Å². The Kier molecular flexibility index (Phi) is 3.96. The highest BCUT2D eigenvalue weighted by Crippen LogP contribution is 2.28. The van der Waals surface area contributed by atoms with E-state index in [9.17, 15) is 8.78 Å². The van der Waals surface area contributed by atoms with Crippen molar-refractivity contribution in [2.75, 3.05) is 5.32 Å². The molecule has 0 atom stereocenters. The first-order chi connectivity index (χ1) is 8.06. The van der Waals surface area contributed by atoms with E-state index in [1.807, 2.05) is 0 Å². The number of aromatic nitrogens is 1. The first-order valence-corrected chi connectivity index (χ1v) is 6.53. The maximum Gasteiger partial charge on any atom is 0.150 e. The van der Waals surface area contributed by atoms with Crippen LogP contribution in [0.2, 0.25) is 4.34 Å². The Morgan fingerprint density at radius 2 is 2.18 bits per heavy atom. The molecule has 0 aliphatic carbocycles. The van der Waals surface area contributed by atoms with Crippen molar-refractivity contribution in [2.24, 2.45) is 0 Å². The molecular weight excluding hydrogens is 334 g/mol. The zero-order valence-corrected chi connectivity index (χ0v) is 11.5. The number of thiazole rings is 1. The topological polar surface area (TPSA) is 24.9 Å². The van der Waals surface area contributed by atoms with Crippen molar-refractivity contribution in [2.45, 2.75) is 6.54 Å². The summed E-state index contributed by atoms with van der Waals surface area (Å²) in [6.45, 7) is 0.332. The molecule has 0 fully saturated rings. The quantitative estimate of drug-likeness (QED) is 0.893. The van der Waals surface area contributed by atoms with Crippen LogP contribution in [-0.2, 0) is 6.54 Å². The van der Waals surface area contributed by atoms with Crippen molar-refractivity contribution in [3.8, 4) is 0 Å². The molecule has 1 aromatic heterocycles. The van der Waals surface area contributed by atoms with Gasteiger partial charge in [0, 0.05) is 10.5 Å². The lowest BCUT2D eigenvalue weighted by Crippen LogP contribution is -2.02. The molecule has 2 nitrogen and oxygen atoms in total. The number of hydrogen-bond donors (Lipinski definition) is 1. The second kappa shape index (κ2) is 5.29. The largest absolute Gasteiger partial charge is 0.375 e. The van der Waals surface area contributed by atoms with Crippen molar-refractivity contribution in [1.82, 2.24) is 4.98 Å². The van der Waals surface area contributed by atoms with Crippen LogP contribution in [0.3, 0.4) is 0 Å². The SMILES string of the molecule is Fc1cc(F)c(NCc2ncc(Cl)s2)c(Br)c1. The van der Waals surface area contributed by atoms with Crippen LogP contribution in [0, 0.1) is 11.6 Å². The van der Waals surface area contributed by atoms with Gasteiger partial charge in [-0.3, -0.25) is 0 Å². The second-order valence-corrected chi connectivity index (χ2v) is 5.76. The summed E-state index contributed by atoms with van der Waals surface area (Å²) in [6.07, 6.45) is 1.53. The maximum absolute atomic E-state index is 13.4. The summed E-state index contributed by atoms with van der Waals surface area (Å²) >= 11 is 10.1. The van der Waals surface area contributed by atoms with E-state index >= 15 is 0 Å². The maximum atomic E-state index is 13.4. The Morgan fingerprint density at radius 1 is 1.41 bits per heavy atom. The number of nitrogens with one attached hydrogen (secondary N) is 1. The van der Waals surface area contributed by atoms with E-state index in [4.69, 9.17) is 11.6 Å². The summed E-state index contributed by atoms with van der Waals surface area (Å²) in [5.41, 5.74) is 0.206. The third-order valence-corrected chi connectivity index (χ3v) is 3.69. The van der Waals surface area contributed by atoms with E-state index < -0.39 is 11.6 Å². The highest BCUT2D eigenvalue weighted by atomic mass is 79.9. The van der Waals surface area contributed by atoms with Gasteiger partial charge in [-0.05, 0) is 22.0 Å². The van der Waals surface area contributed by atoms with Gasteiger partial charge in [0.05, 0.1) is 18.4 Å². The fraction of sp³-hybridized carbons (Fsp3) is 0.100. The Balaban J connectivity index is 2.14. The third kappa shape index (κ3) is 3.14.